The third-order valence-electron chi connectivity index (χ3n) is 4.01. The van der Waals surface area contributed by atoms with Crippen LogP contribution in [0.15, 0.2) is 47.5 Å². The summed E-state index contributed by atoms with van der Waals surface area (Å²) in [5.74, 6) is 1.30. The van der Waals surface area contributed by atoms with Crippen LogP contribution in [-0.2, 0) is 0 Å². The van der Waals surface area contributed by atoms with Crippen molar-refractivity contribution in [2.24, 2.45) is 16.6 Å². The molecule has 0 atom stereocenters. The molecule has 0 aliphatic heterocycles. The van der Waals surface area contributed by atoms with E-state index in [1.807, 2.05) is 0 Å². The van der Waals surface area contributed by atoms with E-state index in [2.05, 4.69) is 47.5 Å². The number of hydrogen-bond donors (Lipinski definition) is 1. The largest absolute Gasteiger partial charge is 0.387 e. The summed E-state index contributed by atoms with van der Waals surface area (Å²) in [6.45, 7) is 0. The molecule has 1 aliphatic rings. The maximum absolute atomic E-state index is 6.17. The summed E-state index contributed by atoms with van der Waals surface area (Å²) in [5.41, 5.74) is 7.15. The topological polar surface area (TPSA) is 38.4 Å². The number of hydrogen-bond acceptors (Lipinski definition) is 1. The lowest BCUT2D eigenvalue weighted by Crippen LogP contribution is -2.25. The van der Waals surface area contributed by atoms with Gasteiger partial charge < -0.3 is 5.73 Å². The number of fused-ring (bicyclic) bond motifs is 1. The van der Waals surface area contributed by atoms with Crippen molar-refractivity contribution in [1.82, 2.24) is 0 Å². The van der Waals surface area contributed by atoms with Crippen molar-refractivity contribution >= 4 is 22.3 Å². The summed E-state index contributed by atoms with van der Waals surface area (Å²) in [7, 11) is 0. The highest BCUT2D eigenvalue weighted by Gasteiger charge is 2.16. The number of rotatable bonds is 2. The number of nitrogens with zero attached hydrogens (tertiary/aromatic N) is 1. The molecule has 0 bridgehead atoms. The lowest BCUT2D eigenvalue weighted by molar-refractivity contribution is 0.437. The zero-order valence-electron chi connectivity index (χ0n) is 11.2. The molecule has 2 aromatic rings. The summed E-state index contributed by atoms with van der Waals surface area (Å²) in [6.07, 6.45) is 6.32. The first-order valence-electron chi connectivity index (χ1n) is 7.16. The van der Waals surface area contributed by atoms with Crippen LogP contribution < -0.4 is 5.73 Å². The van der Waals surface area contributed by atoms with Gasteiger partial charge in [0.2, 0.25) is 0 Å². The molecule has 0 saturated heterocycles. The van der Waals surface area contributed by atoms with Crippen molar-refractivity contribution in [3.8, 4) is 0 Å². The van der Waals surface area contributed by atoms with Crippen LogP contribution in [-0.4, -0.2) is 5.84 Å². The van der Waals surface area contributed by atoms with Gasteiger partial charge in [-0.25, -0.2) is 4.99 Å². The molecule has 19 heavy (non-hydrogen) atoms. The number of aliphatic imine (C=N–C) groups is 1. The molecule has 0 heterocycles. The van der Waals surface area contributed by atoms with Gasteiger partial charge in [0.1, 0.15) is 5.84 Å². The highest BCUT2D eigenvalue weighted by Crippen LogP contribution is 2.26. The quantitative estimate of drug-likeness (QED) is 0.624. The van der Waals surface area contributed by atoms with Crippen LogP contribution in [0.3, 0.4) is 0 Å². The van der Waals surface area contributed by atoms with Gasteiger partial charge in [-0.1, -0.05) is 49.6 Å². The fourth-order valence-corrected chi connectivity index (χ4v) is 2.88. The first kappa shape index (κ1) is 12.2. The Morgan fingerprint density at radius 3 is 2.47 bits per heavy atom. The third-order valence-corrected chi connectivity index (χ3v) is 4.01. The molecule has 1 fully saturated rings. The number of amidine groups is 1. The molecule has 0 spiro atoms. The monoisotopic (exact) mass is 252 g/mol. The van der Waals surface area contributed by atoms with E-state index >= 15 is 0 Å². The van der Waals surface area contributed by atoms with Crippen molar-refractivity contribution in [3.63, 3.8) is 0 Å². The second-order valence-electron chi connectivity index (χ2n) is 5.40. The minimum Gasteiger partial charge on any atom is -0.387 e. The average Bonchev–Trinajstić information content (AvgIpc) is 2.48. The minimum absolute atomic E-state index is 0.486. The zero-order valence-corrected chi connectivity index (χ0v) is 11.2. The van der Waals surface area contributed by atoms with E-state index in [0.29, 0.717) is 5.92 Å². The summed E-state index contributed by atoms with van der Waals surface area (Å²) >= 11 is 0. The van der Waals surface area contributed by atoms with Crippen molar-refractivity contribution in [1.29, 1.82) is 0 Å². The molecule has 1 saturated carbocycles. The molecule has 2 heteroatoms. The van der Waals surface area contributed by atoms with Crippen LogP contribution in [0.5, 0.6) is 0 Å². The van der Waals surface area contributed by atoms with Crippen LogP contribution in [0.1, 0.15) is 32.1 Å². The molecular weight excluding hydrogens is 232 g/mol. The summed E-state index contributed by atoms with van der Waals surface area (Å²) in [5, 5.41) is 2.47. The average molecular weight is 252 g/mol. The molecule has 0 amide bonds. The highest BCUT2D eigenvalue weighted by atomic mass is 14.9. The Bertz CT molecular complexity index is 595. The summed E-state index contributed by atoms with van der Waals surface area (Å²) in [4.78, 5) is 4.63. The highest BCUT2D eigenvalue weighted by molar-refractivity contribution is 5.89. The van der Waals surface area contributed by atoms with Crippen molar-refractivity contribution < 1.29 is 0 Å². The lowest BCUT2D eigenvalue weighted by Gasteiger charge is -2.20. The molecule has 3 rings (SSSR count). The molecule has 2 N–H and O–H groups in total. The Hall–Kier alpha value is -1.83. The van der Waals surface area contributed by atoms with E-state index in [9.17, 15) is 0 Å². The van der Waals surface area contributed by atoms with Gasteiger partial charge in [-0.2, -0.15) is 0 Å². The second-order valence-corrected chi connectivity index (χ2v) is 5.40. The van der Waals surface area contributed by atoms with E-state index in [0.717, 1.165) is 11.5 Å². The van der Waals surface area contributed by atoms with Crippen LogP contribution in [0.4, 0.5) is 5.69 Å². The molecule has 0 radical (unpaired) electrons. The minimum atomic E-state index is 0.486. The Kier molecular flexibility index (Phi) is 3.49. The van der Waals surface area contributed by atoms with E-state index in [-0.39, 0.29) is 0 Å². The first-order valence-corrected chi connectivity index (χ1v) is 7.16. The maximum Gasteiger partial charge on any atom is 0.103 e. The van der Waals surface area contributed by atoms with Crippen molar-refractivity contribution in [2.75, 3.05) is 0 Å². The van der Waals surface area contributed by atoms with Gasteiger partial charge in [0.25, 0.3) is 0 Å². The molecule has 2 aromatic carbocycles. The van der Waals surface area contributed by atoms with E-state index in [4.69, 9.17) is 5.73 Å². The second kappa shape index (κ2) is 5.43. The zero-order chi connectivity index (χ0) is 13.1. The molecular formula is C17H20N2. The van der Waals surface area contributed by atoms with E-state index in [1.165, 1.54) is 42.9 Å². The van der Waals surface area contributed by atoms with Gasteiger partial charge in [0, 0.05) is 5.92 Å². The predicted octanol–water partition coefficient (Wildman–Crippen LogP) is 4.41. The van der Waals surface area contributed by atoms with Crippen molar-refractivity contribution in [3.05, 3.63) is 42.5 Å². The van der Waals surface area contributed by atoms with Gasteiger partial charge >= 0.3 is 0 Å². The standard InChI is InChI=1S/C17H20N2/c18-17(14-7-2-1-3-8-14)19-16-11-10-13-6-4-5-9-15(13)12-16/h4-6,9-12,14H,1-3,7-8H2,(H2,18,19). The SMILES string of the molecule is NC(=Nc1ccc2ccccc2c1)C1CCCCC1. The molecule has 98 valence electrons. The summed E-state index contributed by atoms with van der Waals surface area (Å²) in [6, 6.07) is 14.6. The fraction of sp³-hybridized carbons (Fsp3) is 0.353. The van der Waals surface area contributed by atoms with E-state index < -0.39 is 0 Å². The van der Waals surface area contributed by atoms with Gasteiger partial charge in [-0.3, -0.25) is 0 Å². The van der Waals surface area contributed by atoms with Gasteiger partial charge in [-0.15, -0.1) is 0 Å². The smallest absolute Gasteiger partial charge is 0.103 e. The molecule has 0 unspecified atom stereocenters. The van der Waals surface area contributed by atoms with Gasteiger partial charge in [0.15, 0.2) is 0 Å². The Morgan fingerprint density at radius 2 is 1.68 bits per heavy atom. The molecule has 1 aliphatic carbocycles. The molecule has 0 aromatic heterocycles. The maximum atomic E-state index is 6.17. The Labute approximate surface area is 114 Å². The van der Waals surface area contributed by atoms with Crippen LogP contribution in [0, 0.1) is 5.92 Å². The lowest BCUT2D eigenvalue weighted by atomic mass is 9.88. The summed E-state index contributed by atoms with van der Waals surface area (Å²) < 4.78 is 0. The van der Waals surface area contributed by atoms with Gasteiger partial charge in [0.05, 0.1) is 5.69 Å². The van der Waals surface area contributed by atoms with Crippen molar-refractivity contribution in [2.45, 2.75) is 32.1 Å². The Balaban J connectivity index is 1.86. The van der Waals surface area contributed by atoms with Crippen LogP contribution in [0.2, 0.25) is 0 Å². The third kappa shape index (κ3) is 2.78. The fourth-order valence-electron chi connectivity index (χ4n) is 2.88. The number of nitrogens with two attached hydrogens (primary N) is 1. The number of benzene rings is 2. The van der Waals surface area contributed by atoms with Crippen LogP contribution >= 0.6 is 0 Å². The van der Waals surface area contributed by atoms with Gasteiger partial charge in [-0.05, 0) is 35.7 Å². The normalized spacial score (nSPS) is 17.8. The van der Waals surface area contributed by atoms with E-state index in [1.54, 1.807) is 0 Å². The van der Waals surface area contributed by atoms with Crippen LogP contribution in [0.25, 0.3) is 10.8 Å². The first-order chi connectivity index (χ1) is 9.33. The Morgan fingerprint density at radius 1 is 0.947 bits per heavy atom. The molecule has 2 nitrogen and oxygen atoms in total. The predicted molar refractivity (Wildman–Crippen MR) is 81.8 cm³/mol.